The monoisotopic (exact) mass is 350 g/mol. The largest absolute Gasteiger partial charge is 0.335 e. The first-order valence-corrected chi connectivity index (χ1v) is 8.00. The lowest BCUT2D eigenvalue weighted by molar-refractivity contribution is 0.0594. The Kier molecular flexibility index (Phi) is 5.71. The van der Waals surface area contributed by atoms with E-state index in [1.165, 1.54) is 0 Å². The van der Waals surface area contributed by atoms with Crippen LogP contribution in [0.1, 0.15) is 30.3 Å². The van der Waals surface area contributed by atoms with E-state index in [-0.39, 0.29) is 11.9 Å². The van der Waals surface area contributed by atoms with Gasteiger partial charge in [0, 0.05) is 36.8 Å². The third-order valence-corrected chi connectivity index (χ3v) is 4.35. The smallest absolute Gasteiger partial charge is 0.273 e. The lowest BCUT2D eigenvalue weighted by atomic mass is 10.1. The summed E-state index contributed by atoms with van der Waals surface area (Å²) in [6, 6.07) is 5.94. The van der Waals surface area contributed by atoms with Gasteiger partial charge in [-0.2, -0.15) is 5.26 Å². The first-order valence-electron chi connectivity index (χ1n) is 7.20. The molecule has 112 valence electrons. The Bertz CT molecular complexity index is 535. The number of pyridine rings is 1. The first-order chi connectivity index (χ1) is 10.2. The molecule has 0 bridgehead atoms. The molecule has 1 aromatic rings. The van der Waals surface area contributed by atoms with E-state index in [2.05, 4.69) is 38.8 Å². The molecule has 0 aliphatic carbocycles. The molecule has 0 radical (unpaired) electrons. The molecule has 1 amide bonds. The zero-order valence-corrected chi connectivity index (χ0v) is 13.7. The molecule has 6 heteroatoms. The summed E-state index contributed by atoms with van der Waals surface area (Å²) in [5, 5.41) is 9.21. The number of halogens is 1. The second-order valence-corrected chi connectivity index (χ2v) is 5.95. The summed E-state index contributed by atoms with van der Waals surface area (Å²) >= 11 is 3.37. The molecular formula is C15H19BrN4O. The molecule has 0 aromatic carbocycles. The highest BCUT2D eigenvalue weighted by Crippen LogP contribution is 2.17. The van der Waals surface area contributed by atoms with Crippen LogP contribution in [0.15, 0.2) is 22.8 Å². The van der Waals surface area contributed by atoms with Crippen LogP contribution in [0.5, 0.6) is 0 Å². The highest BCUT2D eigenvalue weighted by atomic mass is 79.9. The number of hydrogen-bond donors (Lipinski definition) is 0. The van der Waals surface area contributed by atoms with Crippen LogP contribution in [-0.2, 0) is 0 Å². The minimum atomic E-state index is -0.0499. The van der Waals surface area contributed by atoms with Crippen LogP contribution in [0.4, 0.5) is 0 Å². The van der Waals surface area contributed by atoms with E-state index in [0.717, 1.165) is 30.4 Å². The maximum atomic E-state index is 12.4. The Morgan fingerprint density at radius 2 is 2.19 bits per heavy atom. The molecule has 1 atom stereocenters. The molecule has 0 saturated carbocycles. The molecule has 21 heavy (non-hydrogen) atoms. The minimum Gasteiger partial charge on any atom is -0.335 e. The van der Waals surface area contributed by atoms with Crippen molar-refractivity contribution in [1.82, 2.24) is 14.8 Å². The molecule has 1 aromatic heterocycles. The van der Waals surface area contributed by atoms with Gasteiger partial charge in [-0.25, -0.2) is 4.98 Å². The number of carbonyl (C=O) groups excluding carboxylic acids is 1. The molecular weight excluding hydrogens is 332 g/mol. The van der Waals surface area contributed by atoms with Crippen molar-refractivity contribution in [2.45, 2.75) is 25.8 Å². The number of nitrogens with zero attached hydrogens (tertiary/aromatic N) is 4. The highest BCUT2D eigenvalue weighted by Gasteiger charge is 2.27. The average molecular weight is 351 g/mol. The van der Waals surface area contributed by atoms with E-state index < -0.39 is 0 Å². The van der Waals surface area contributed by atoms with E-state index in [1.807, 2.05) is 11.0 Å². The fourth-order valence-electron chi connectivity index (χ4n) is 2.53. The maximum absolute atomic E-state index is 12.4. The molecule has 1 aliphatic rings. The van der Waals surface area contributed by atoms with Crippen LogP contribution in [0.3, 0.4) is 0 Å². The average Bonchev–Trinajstić information content (AvgIpc) is 2.52. The minimum absolute atomic E-state index is 0.0335. The normalized spacial score (nSPS) is 17.3. The summed E-state index contributed by atoms with van der Waals surface area (Å²) in [6.45, 7) is 4.86. The fourth-order valence-corrected chi connectivity index (χ4v) is 2.96. The Labute approximate surface area is 133 Å². The molecule has 1 fully saturated rings. The molecule has 1 unspecified atom stereocenters. The molecule has 1 aliphatic heterocycles. The van der Waals surface area contributed by atoms with Crippen LogP contribution in [0, 0.1) is 11.3 Å². The van der Waals surface area contributed by atoms with Crippen molar-refractivity contribution in [2.24, 2.45) is 0 Å². The van der Waals surface area contributed by atoms with Crippen LogP contribution >= 0.6 is 15.9 Å². The van der Waals surface area contributed by atoms with Gasteiger partial charge in [-0.05, 0) is 34.5 Å². The van der Waals surface area contributed by atoms with Crippen molar-refractivity contribution in [1.29, 1.82) is 5.26 Å². The SMILES string of the molecule is CCCC(C#N)N1CCN(C(=O)c2ncccc2Br)CC1. The second-order valence-electron chi connectivity index (χ2n) is 5.10. The fraction of sp³-hybridized carbons (Fsp3) is 0.533. The summed E-state index contributed by atoms with van der Waals surface area (Å²) in [5.74, 6) is -0.0499. The molecule has 2 heterocycles. The van der Waals surface area contributed by atoms with Crippen LogP contribution in [0.2, 0.25) is 0 Å². The van der Waals surface area contributed by atoms with Gasteiger partial charge in [0.1, 0.15) is 5.69 Å². The number of nitriles is 1. The Morgan fingerprint density at radius 3 is 2.76 bits per heavy atom. The van der Waals surface area contributed by atoms with E-state index >= 15 is 0 Å². The number of amides is 1. The van der Waals surface area contributed by atoms with Gasteiger partial charge < -0.3 is 4.90 Å². The van der Waals surface area contributed by atoms with E-state index in [9.17, 15) is 10.1 Å². The number of carbonyl (C=O) groups is 1. The van der Waals surface area contributed by atoms with Gasteiger partial charge in [0.05, 0.1) is 12.1 Å². The molecule has 5 nitrogen and oxygen atoms in total. The van der Waals surface area contributed by atoms with E-state index in [4.69, 9.17) is 0 Å². The summed E-state index contributed by atoms with van der Waals surface area (Å²) in [6.07, 6.45) is 3.51. The lowest BCUT2D eigenvalue weighted by Gasteiger charge is -2.36. The van der Waals surface area contributed by atoms with Gasteiger partial charge in [-0.1, -0.05) is 13.3 Å². The third-order valence-electron chi connectivity index (χ3n) is 3.71. The second kappa shape index (κ2) is 7.53. The molecule has 0 spiro atoms. The Balaban J connectivity index is 1.97. The van der Waals surface area contributed by atoms with Gasteiger partial charge in [0.25, 0.3) is 5.91 Å². The van der Waals surface area contributed by atoms with Crippen molar-refractivity contribution < 1.29 is 4.79 Å². The van der Waals surface area contributed by atoms with Gasteiger partial charge >= 0.3 is 0 Å². The van der Waals surface area contributed by atoms with Gasteiger partial charge in [0.2, 0.25) is 0 Å². The number of hydrogen-bond acceptors (Lipinski definition) is 4. The topological polar surface area (TPSA) is 60.2 Å². The quantitative estimate of drug-likeness (QED) is 0.835. The predicted molar refractivity (Wildman–Crippen MR) is 83.7 cm³/mol. The third kappa shape index (κ3) is 3.80. The van der Waals surface area contributed by atoms with E-state index in [1.54, 1.807) is 12.3 Å². The maximum Gasteiger partial charge on any atom is 0.273 e. The predicted octanol–water partition coefficient (Wildman–Crippen LogP) is 2.29. The van der Waals surface area contributed by atoms with Crippen LogP contribution in [-0.4, -0.2) is 52.9 Å². The standard InChI is InChI=1S/C15H19BrN4O/c1-2-4-12(11-17)19-7-9-20(10-8-19)15(21)14-13(16)5-3-6-18-14/h3,5-6,12H,2,4,7-10H2,1H3. The summed E-state index contributed by atoms with van der Waals surface area (Å²) in [5.41, 5.74) is 0.455. The summed E-state index contributed by atoms with van der Waals surface area (Å²) < 4.78 is 0.721. The van der Waals surface area contributed by atoms with Crippen molar-refractivity contribution in [2.75, 3.05) is 26.2 Å². The van der Waals surface area contributed by atoms with Gasteiger partial charge in [0.15, 0.2) is 0 Å². The van der Waals surface area contributed by atoms with Crippen molar-refractivity contribution in [3.8, 4) is 6.07 Å². The summed E-state index contributed by atoms with van der Waals surface area (Å²) in [7, 11) is 0. The number of rotatable bonds is 4. The molecule has 2 rings (SSSR count). The number of aromatic nitrogens is 1. The lowest BCUT2D eigenvalue weighted by Crippen LogP contribution is -2.51. The van der Waals surface area contributed by atoms with Crippen molar-refractivity contribution in [3.63, 3.8) is 0 Å². The van der Waals surface area contributed by atoms with Crippen LogP contribution < -0.4 is 0 Å². The zero-order chi connectivity index (χ0) is 15.2. The van der Waals surface area contributed by atoms with Crippen molar-refractivity contribution in [3.05, 3.63) is 28.5 Å². The van der Waals surface area contributed by atoms with E-state index in [0.29, 0.717) is 18.8 Å². The molecule has 1 saturated heterocycles. The molecule has 0 N–H and O–H groups in total. The van der Waals surface area contributed by atoms with Crippen molar-refractivity contribution >= 4 is 21.8 Å². The summed E-state index contributed by atoms with van der Waals surface area (Å²) in [4.78, 5) is 20.6. The Morgan fingerprint density at radius 1 is 1.48 bits per heavy atom. The van der Waals surface area contributed by atoms with Crippen LogP contribution in [0.25, 0.3) is 0 Å². The van der Waals surface area contributed by atoms with Gasteiger partial charge in [-0.3, -0.25) is 9.69 Å². The Hall–Kier alpha value is -1.45. The zero-order valence-electron chi connectivity index (χ0n) is 12.1. The number of piperazine rings is 1. The first kappa shape index (κ1) is 15.9. The highest BCUT2D eigenvalue weighted by molar-refractivity contribution is 9.10. The van der Waals surface area contributed by atoms with Gasteiger partial charge in [-0.15, -0.1) is 0 Å².